The van der Waals surface area contributed by atoms with E-state index in [1.165, 1.54) is 17.5 Å². The van der Waals surface area contributed by atoms with Gasteiger partial charge in [-0.05, 0) is 6.92 Å². The van der Waals surface area contributed by atoms with Crippen LogP contribution in [0.4, 0.5) is 5.13 Å². The first kappa shape index (κ1) is 14.8. The number of hydrogen-bond donors (Lipinski definition) is 1. The van der Waals surface area contributed by atoms with E-state index in [2.05, 4.69) is 26.7 Å². The molecule has 0 spiro atoms. The third-order valence-electron chi connectivity index (χ3n) is 4.08. The molecule has 0 fully saturated rings. The fourth-order valence-electron chi connectivity index (χ4n) is 3.01. The highest BCUT2D eigenvalue weighted by molar-refractivity contribution is 7.17. The van der Waals surface area contributed by atoms with Crippen LogP contribution in [-0.2, 0) is 6.54 Å². The predicted molar refractivity (Wildman–Crippen MR) is 91.4 cm³/mol. The van der Waals surface area contributed by atoms with E-state index in [4.69, 9.17) is 5.73 Å². The van der Waals surface area contributed by atoms with Gasteiger partial charge in [0.25, 0.3) is 5.91 Å². The van der Waals surface area contributed by atoms with Crippen molar-refractivity contribution in [2.45, 2.75) is 19.5 Å². The maximum absolute atomic E-state index is 12.6. The second-order valence-corrected chi connectivity index (χ2v) is 6.84. The lowest BCUT2D eigenvalue weighted by atomic mass is 10.1. The first-order valence-corrected chi connectivity index (χ1v) is 8.45. The first-order chi connectivity index (χ1) is 11.6. The number of thiazole rings is 1. The molecule has 0 unspecified atom stereocenters. The lowest BCUT2D eigenvalue weighted by Gasteiger charge is -2.32. The van der Waals surface area contributed by atoms with Crippen LogP contribution < -0.4 is 5.73 Å². The molecule has 0 aliphatic carbocycles. The topological polar surface area (TPSA) is 89.9 Å². The number of anilines is 1. The van der Waals surface area contributed by atoms with E-state index in [9.17, 15) is 4.79 Å². The van der Waals surface area contributed by atoms with Gasteiger partial charge in [0.1, 0.15) is 4.88 Å². The Morgan fingerprint density at radius 2 is 2.08 bits per heavy atom. The van der Waals surface area contributed by atoms with Gasteiger partial charge in [0, 0.05) is 12.1 Å². The number of fused-ring (bicyclic) bond motifs is 1. The van der Waals surface area contributed by atoms with Crippen LogP contribution in [0.25, 0.3) is 11.4 Å². The van der Waals surface area contributed by atoms with Gasteiger partial charge in [-0.2, -0.15) is 0 Å². The monoisotopic (exact) mass is 340 g/mol. The maximum Gasteiger partial charge on any atom is 0.266 e. The third-order valence-corrected chi connectivity index (χ3v) is 4.89. The number of nitrogens with two attached hydrogens (primary N) is 1. The van der Waals surface area contributed by atoms with Crippen molar-refractivity contribution in [3.8, 4) is 11.4 Å². The molecule has 0 bridgehead atoms. The number of nitrogen functional groups attached to an aromatic ring is 1. The van der Waals surface area contributed by atoms with Crippen molar-refractivity contribution in [1.29, 1.82) is 0 Å². The molecule has 0 saturated carbocycles. The van der Waals surface area contributed by atoms with E-state index in [1.807, 2.05) is 30.3 Å². The molecule has 24 heavy (non-hydrogen) atoms. The van der Waals surface area contributed by atoms with Crippen LogP contribution in [-0.4, -0.2) is 37.1 Å². The minimum absolute atomic E-state index is 0.0634. The SMILES string of the molecule is C[C@H]1CN(C(=O)c2cnc(N)s2)Cc2nnc(-c3ccccc3)n21. The van der Waals surface area contributed by atoms with Gasteiger partial charge in [-0.15, -0.1) is 10.2 Å². The minimum Gasteiger partial charge on any atom is -0.375 e. The highest BCUT2D eigenvalue weighted by Crippen LogP contribution is 2.28. The van der Waals surface area contributed by atoms with Crippen molar-refractivity contribution in [1.82, 2.24) is 24.6 Å². The Balaban J connectivity index is 1.65. The zero-order chi connectivity index (χ0) is 16.7. The molecule has 1 aromatic carbocycles. The molecule has 7 nitrogen and oxygen atoms in total. The second-order valence-electron chi connectivity index (χ2n) is 5.77. The molecule has 4 rings (SSSR count). The molecule has 3 aromatic rings. The van der Waals surface area contributed by atoms with Gasteiger partial charge in [-0.3, -0.25) is 4.79 Å². The highest BCUT2D eigenvalue weighted by atomic mass is 32.1. The number of nitrogens with zero attached hydrogens (tertiary/aromatic N) is 5. The number of rotatable bonds is 2. The summed E-state index contributed by atoms with van der Waals surface area (Å²) in [6, 6.07) is 10.1. The number of benzene rings is 1. The second kappa shape index (κ2) is 5.72. The van der Waals surface area contributed by atoms with Crippen LogP contribution in [0.2, 0.25) is 0 Å². The summed E-state index contributed by atoms with van der Waals surface area (Å²) in [5.41, 5.74) is 6.65. The Bertz CT molecular complexity index is 887. The molecule has 8 heteroatoms. The van der Waals surface area contributed by atoms with Gasteiger partial charge in [0.05, 0.1) is 18.8 Å². The van der Waals surface area contributed by atoms with Gasteiger partial charge >= 0.3 is 0 Å². The molecular weight excluding hydrogens is 324 g/mol. The summed E-state index contributed by atoms with van der Waals surface area (Å²) < 4.78 is 2.11. The quantitative estimate of drug-likeness (QED) is 0.772. The summed E-state index contributed by atoms with van der Waals surface area (Å²) in [6.07, 6.45) is 1.53. The largest absolute Gasteiger partial charge is 0.375 e. The molecule has 0 radical (unpaired) electrons. The molecule has 1 amide bonds. The Hall–Kier alpha value is -2.74. The zero-order valence-electron chi connectivity index (χ0n) is 13.1. The van der Waals surface area contributed by atoms with Crippen LogP contribution in [0.15, 0.2) is 36.5 Å². The van der Waals surface area contributed by atoms with Crippen molar-refractivity contribution in [2.24, 2.45) is 0 Å². The van der Waals surface area contributed by atoms with E-state index < -0.39 is 0 Å². The molecule has 3 heterocycles. The normalized spacial score (nSPS) is 16.9. The van der Waals surface area contributed by atoms with Crippen LogP contribution in [0.5, 0.6) is 0 Å². The Morgan fingerprint density at radius 1 is 1.29 bits per heavy atom. The summed E-state index contributed by atoms with van der Waals surface area (Å²) in [5.74, 6) is 1.57. The van der Waals surface area contributed by atoms with E-state index >= 15 is 0 Å². The van der Waals surface area contributed by atoms with Gasteiger partial charge in [-0.1, -0.05) is 41.7 Å². The predicted octanol–water partition coefficient (Wildman–Crippen LogP) is 2.20. The Kier molecular flexibility index (Phi) is 3.53. The molecule has 2 N–H and O–H groups in total. The van der Waals surface area contributed by atoms with E-state index in [1.54, 1.807) is 4.90 Å². The fourth-order valence-corrected chi connectivity index (χ4v) is 3.66. The highest BCUT2D eigenvalue weighted by Gasteiger charge is 2.30. The maximum atomic E-state index is 12.6. The zero-order valence-corrected chi connectivity index (χ0v) is 13.9. The number of hydrogen-bond acceptors (Lipinski definition) is 6. The first-order valence-electron chi connectivity index (χ1n) is 7.63. The van der Waals surface area contributed by atoms with Crippen molar-refractivity contribution >= 4 is 22.4 Å². The summed E-state index contributed by atoms with van der Waals surface area (Å²) in [4.78, 5) is 18.9. The van der Waals surface area contributed by atoms with Crippen LogP contribution in [0.1, 0.15) is 28.5 Å². The van der Waals surface area contributed by atoms with Crippen molar-refractivity contribution < 1.29 is 4.79 Å². The number of amides is 1. The molecule has 1 aliphatic heterocycles. The number of carbonyl (C=O) groups is 1. The minimum atomic E-state index is -0.0634. The summed E-state index contributed by atoms with van der Waals surface area (Å²) >= 11 is 1.21. The molecule has 122 valence electrons. The fraction of sp³-hybridized carbons (Fsp3) is 0.250. The van der Waals surface area contributed by atoms with Crippen molar-refractivity contribution in [3.63, 3.8) is 0 Å². The van der Waals surface area contributed by atoms with E-state index in [0.29, 0.717) is 23.1 Å². The third kappa shape index (κ3) is 2.44. The standard InChI is InChI=1S/C16H16N6OS/c1-10-8-21(15(23)12-7-18-16(17)24-12)9-13-19-20-14(22(10)13)11-5-3-2-4-6-11/h2-7,10H,8-9H2,1H3,(H2,17,18)/t10-/m0/s1. The lowest BCUT2D eigenvalue weighted by molar-refractivity contribution is 0.0687. The van der Waals surface area contributed by atoms with E-state index in [0.717, 1.165) is 17.2 Å². The van der Waals surface area contributed by atoms with Gasteiger partial charge in [0.2, 0.25) is 0 Å². The summed E-state index contributed by atoms with van der Waals surface area (Å²) in [5, 5.41) is 9.03. The number of carbonyl (C=O) groups excluding carboxylic acids is 1. The summed E-state index contributed by atoms with van der Waals surface area (Å²) in [6.45, 7) is 3.10. The molecule has 2 aromatic heterocycles. The smallest absolute Gasteiger partial charge is 0.266 e. The van der Waals surface area contributed by atoms with Crippen LogP contribution in [0, 0.1) is 0 Å². The average molecular weight is 340 g/mol. The van der Waals surface area contributed by atoms with Crippen molar-refractivity contribution in [3.05, 3.63) is 47.2 Å². The summed E-state index contributed by atoms with van der Waals surface area (Å²) in [7, 11) is 0. The lowest BCUT2D eigenvalue weighted by Crippen LogP contribution is -2.40. The van der Waals surface area contributed by atoms with Gasteiger partial charge in [-0.25, -0.2) is 4.98 Å². The molecule has 0 saturated heterocycles. The van der Waals surface area contributed by atoms with Crippen molar-refractivity contribution in [2.75, 3.05) is 12.3 Å². The average Bonchev–Trinajstić information content (AvgIpc) is 3.21. The Labute approximate surface area is 142 Å². The Morgan fingerprint density at radius 3 is 2.79 bits per heavy atom. The number of aromatic nitrogens is 4. The molecular formula is C16H16N6OS. The van der Waals surface area contributed by atoms with E-state index in [-0.39, 0.29) is 11.9 Å². The van der Waals surface area contributed by atoms with Gasteiger partial charge in [0.15, 0.2) is 16.8 Å². The van der Waals surface area contributed by atoms with Crippen LogP contribution in [0.3, 0.4) is 0 Å². The van der Waals surface area contributed by atoms with Crippen LogP contribution >= 0.6 is 11.3 Å². The molecule has 1 atom stereocenters. The molecule has 1 aliphatic rings. The van der Waals surface area contributed by atoms with Gasteiger partial charge < -0.3 is 15.2 Å².